The number of aromatic nitrogens is 1. The van der Waals surface area contributed by atoms with Gasteiger partial charge in [0.2, 0.25) is 0 Å². The van der Waals surface area contributed by atoms with Crippen molar-refractivity contribution >= 4 is 28.7 Å². The van der Waals surface area contributed by atoms with Crippen molar-refractivity contribution in [3.05, 3.63) is 53.9 Å². The number of nitrogens with zero attached hydrogens (tertiary/aromatic N) is 1. The Bertz CT molecular complexity index is 678. The van der Waals surface area contributed by atoms with Crippen LogP contribution in [-0.2, 0) is 6.18 Å². The van der Waals surface area contributed by atoms with Gasteiger partial charge in [0, 0.05) is 11.9 Å². The smallest absolute Gasteiger partial charge is 0.360 e. The number of thiocarbonyl (C=S) groups is 1. The number of hydrazone groups is 1. The summed E-state index contributed by atoms with van der Waals surface area (Å²) < 4.78 is 37.8. The molecule has 0 spiro atoms. The number of halogens is 3. The molecule has 0 aliphatic heterocycles. The largest absolute Gasteiger partial charge is 0.416 e. The minimum absolute atomic E-state index is 0.102. The molecule has 0 aliphatic carbocycles. The van der Waals surface area contributed by atoms with E-state index in [0.717, 1.165) is 17.8 Å². The third-order valence-corrected chi connectivity index (χ3v) is 2.95. The molecule has 22 heavy (non-hydrogen) atoms. The van der Waals surface area contributed by atoms with Crippen molar-refractivity contribution in [2.75, 3.05) is 5.32 Å². The molecular weight excluding hydrogens is 313 g/mol. The van der Waals surface area contributed by atoms with Gasteiger partial charge in [-0.05, 0) is 49.5 Å². The van der Waals surface area contributed by atoms with E-state index >= 15 is 0 Å². The molecule has 0 amide bonds. The molecule has 0 radical (unpaired) electrons. The van der Waals surface area contributed by atoms with E-state index in [9.17, 15) is 13.2 Å². The molecule has 0 unspecified atom stereocenters. The summed E-state index contributed by atoms with van der Waals surface area (Å²) in [6, 6.07) is 8.44. The van der Waals surface area contributed by atoms with Crippen molar-refractivity contribution in [2.24, 2.45) is 5.10 Å². The Morgan fingerprint density at radius 2 is 2.00 bits per heavy atom. The lowest BCUT2D eigenvalue weighted by Crippen LogP contribution is -2.25. The number of nitrogens with one attached hydrogen (secondary N) is 3. The lowest BCUT2D eigenvalue weighted by molar-refractivity contribution is -0.137. The maximum absolute atomic E-state index is 12.6. The van der Waals surface area contributed by atoms with E-state index in [4.69, 9.17) is 12.2 Å². The quantitative estimate of drug-likeness (QED) is 0.457. The second-order valence-electron chi connectivity index (χ2n) is 4.43. The van der Waals surface area contributed by atoms with Gasteiger partial charge >= 0.3 is 6.18 Å². The van der Waals surface area contributed by atoms with Crippen LogP contribution in [0.3, 0.4) is 0 Å². The van der Waals surface area contributed by atoms with E-state index in [2.05, 4.69) is 20.8 Å². The van der Waals surface area contributed by atoms with Gasteiger partial charge in [-0.15, -0.1) is 0 Å². The molecule has 0 bridgehead atoms. The molecule has 1 heterocycles. The van der Waals surface area contributed by atoms with Crippen molar-refractivity contribution in [1.29, 1.82) is 0 Å². The molecular formula is C14H13F3N4S. The summed E-state index contributed by atoms with van der Waals surface area (Å²) in [7, 11) is 0. The van der Waals surface area contributed by atoms with Gasteiger partial charge in [0.25, 0.3) is 0 Å². The van der Waals surface area contributed by atoms with Gasteiger partial charge in [-0.25, -0.2) is 0 Å². The Labute approximate surface area is 130 Å². The van der Waals surface area contributed by atoms with Crippen LogP contribution in [-0.4, -0.2) is 15.8 Å². The molecule has 4 nitrogen and oxygen atoms in total. The number of alkyl halides is 3. The normalized spacial score (nSPS) is 12.1. The average molecular weight is 326 g/mol. The standard InChI is InChI=1S/C14H13F3N4S/c1-9(12-6-3-7-18-12)20-21-13(22)19-11-5-2-4-10(8-11)14(15,16)17/h2-8,18H,1H3,(H2,19,21,22)/b20-9+. The summed E-state index contributed by atoms with van der Waals surface area (Å²) in [5, 5.41) is 6.80. The summed E-state index contributed by atoms with van der Waals surface area (Å²) in [6.45, 7) is 1.77. The molecule has 0 atom stereocenters. The number of H-pyrrole nitrogens is 1. The third kappa shape index (κ3) is 4.32. The first-order chi connectivity index (χ1) is 10.4. The lowest BCUT2D eigenvalue weighted by atomic mass is 10.2. The van der Waals surface area contributed by atoms with Gasteiger partial charge in [-0.1, -0.05) is 6.07 Å². The number of benzene rings is 1. The first-order valence-electron chi connectivity index (χ1n) is 6.28. The molecule has 2 aromatic rings. The van der Waals surface area contributed by atoms with Gasteiger partial charge in [-0.3, -0.25) is 5.43 Å². The zero-order chi connectivity index (χ0) is 16.2. The highest BCUT2D eigenvalue weighted by atomic mass is 32.1. The zero-order valence-corrected chi connectivity index (χ0v) is 12.3. The summed E-state index contributed by atoms with van der Waals surface area (Å²) in [4.78, 5) is 2.97. The van der Waals surface area contributed by atoms with E-state index in [1.54, 1.807) is 13.1 Å². The van der Waals surface area contributed by atoms with Crippen LogP contribution in [0.1, 0.15) is 18.2 Å². The maximum atomic E-state index is 12.6. The van der Waals surface area contributed by atoms with Crippen LogP contribution in [0.25, 0.3) is 0 Å². The monoisotopic (exact) mass is 326 g/mol. The number of aromatic amines is 1. The lowest BCUT2D eigenvalue weighted by Gasteiger charge is -2.11. The molecule has 0 fully saturated rings. The molecule has 3 N–H and O–H groups in total. The molecule has 2 rings (SSSR count). The van der Waals surface area contributed by atoms with Crippen LogP contribution in [0.5, 0.6) is 0 Å². The molecule has 0 saturated heterocycles. The number of hydrogen-bond acceptors (Lipinski definition) is 2. The first kappa shape index (κ1) is 16.0. The minimum Gasteiger partial charge on any atom is -0.360 e. The molecule has 116 valence electrons. The molecule has 1 aromatic carbocycles. The second-order valence-corrected chi connectivity index (χ2v) is 4.83. The summed E-state index contributed by atoms with van der Waals surface area (Å²) in [6.07, 6.45) is -2.64. The van der Waals surface area contributed by atoms with Crippen molar-refractivity contribution in [3.63, 3.8) is 0 Å². The fourth-order valence-electron chi connectivity index (χ4n) is 1.68. The molecule has 0 saturated carbocycles. The average Bonchev–Trinajstić information content (AvgIpc) is 2.98. The van der Waals surface area contributed by atoms with Crippen molar-refractivity contribution < 1.29 is 13.2 Å². The fourth-order valence-corrected chi connectivity index (χ4v) is 1.85. The first-order valence-corrected chi connectivity index (χ1v) is 6.69. The van der Waals surface area contributed by atoms with Gasteiger partial charge in [0.05, 0.1) is 17.0 Å². The summed E-state index contributed by atoms with van der Waals surface area (Å²) in [5.41, 5.74) is 3.56. The highest BCUT2D eigenvalue weighted by Crippen LogP contribution is 2.30. The van der Waals surface area contributed by atoms with Crippen LogP contribution in [0.2, 0.25) is 0 Å². The summed E-state index contributed by atoms with van der Waals surface area (Å²) >= 11 is 5.00. The minimum atomic E-state index is -4.39. The predicted octanol–water partition coefficient (Wildman–Crippen LogP) is 3.74. The van der Waals surface area contributed by atoms with E-state index in [1.165, 1.54) is 12.1 Å². The molecule has 8 heteroatoms. The van der Waals surface area contributed by atoms with E-state index in [0.29, 0.717) is 5.71 Å². The van der Waals surface area contributed by atoms with Gasteiger partial charge in [-0.2, -0.15) is 18.3 Å². The number of rotatable bonds is 3. The number of anilines is 1. The third-order valence-electron chi connectivity index (χ3n) is 2.76. The van der Waals surface area contributed by atoms with Crippen molar-refractivity contribution in [2.45, 2.75) is 13.1 Å². The Hall–Kier alpha value is -2.35. The van der Waals surface area contributed by atoms with Crippen molar-refractivity contribution in [1.82, 2.24) is 10.4 Å². The Balaban J connectivity index is 1.99. The van der Waals surface area contributed by atoms with E-state index in [-0.39, 0.29) is 10.8 Å². The Morgan fingerprint density at radius 3 is 2.64 bits per heavy atom. The Kier molecular flexibility index (Phi) is 4.81. The van der Waals surface area contributed by atoms with Crippen LogP contribution < -0.4 is 10.7 Å². The second kappa shape index (κ2) is 6.61. The van der Waals surface area contributed by atoms with E-state index < -0.39 is 11.7 Å². The Morgan fingerprint density at radius 1 is 1.23 bits per heavy atom. The maximum Gasteiger partial charge on any atom is 0.416 e. The van der Waals surface area contributed by atoms with Crippen LogP contribution in [0, 0.1) is 0 Å². The molecule has 1 aromatic heterocycles. The van der Waals surface area contributed by atoms with Gasteiger partial charge < -0.3 is 10.3 Å². The molecule has 0 aliphatic rings. The highest BCUT2D eigenvalue weighted by Gasteiger charge is 2.30. The summed E-state index contributed by atoms with van der Waals surface area (Å²) in [5.74, 6) is 0. The fraction of sp³-hybridized carbons (Fsp3) is 0.143. The van der Waals surface area contributed by atoms with E-state index in [1.807, 2.05) is 12.1 Å². The zero-order valence-electron chi connectivity index (χ0n) is 11.5. The predicted molar refractivity (Wildman–Crippen MR) is 83.8 cm³/mol. The van der Waals surface area contributed by atoms with Gasteiger partial charge in [0.15, 0.2) is 5.11 Å². The van der Waals surface area contributed by atoms with Crippen LogP contribution >= 0.6 is 12.2 Å². The SMILES string of the molecule is C/C(=N\NC(=S)Nc1cccc(C(F)(F)F)c1)c1ccc[nH]1. The number of hydrogen-bond donors (Lipinski definition) is 3. The van der Waals surface area contributed by atoms with Gasteiger partial charge in [0.1, 0.15) is 0 Å². The topological polar surface area (TPSA) is 52.2 Å². The highest BCUT2D eigenvalue weighted by molar-refractivity contribution is 7.80. The van der Waals surface area contributed by atoms with Crippen LogP contribution in [0.4, 0.5) is 18.9 Å². The van der Waals surface area contributed by atoms with Crippen molar-refractivity contribution in [3.8, 4) is 0 Å². The van der Waals surface area contributed by atoms with Crippen LogP contribution in [0.15, 0.2) is 47.7 Å².